The molecule has 5 nitrogen and oxygen atoms in total. The molecule has 0 aliphatic rings. The number of nitrogens with zero attached hydrogens (tertiary/aromatic N) is 2. The van der Waals surface area contributed by atoms with Crippen LogP contribution in [0.3, 0.4) is 0 Å². The van der Waals surface area contributed by atoms with Crippen LogP contribution in [0.1, 0.15) is 12.2 Å². The fourth-order valence-corrected chi connectivity index (χ4v) is 1.41. The van der Waals surface area contributed by atoms with Crippen LogP contribution in [-0.4, -0.2) is 15.9 Å². The van der Waals surface area contributed by atoms with Gasteiger partial charge in [0.25, 0.3) is 0 Å². The second-order valence-corrected chi connectivity index (χ2v) is 3.31. The lowest BCUT2D eigenvalue weighted by atomic mass is 10.3. The lowest BCUT2D eigenvalue weighted by Crippen LogP contribution is -2.22. The van der Waals surface area contributed by atoms with Crippen LogP contribution in [0.2, 0.25) is 0 Å². The first-order chi connectivity index (χ1) is 7.79. The quantitative estimate of drug-likeness (QED) is 0.802. The third kappa shape index (κ3) is 2.17. The van der Waals surface area contributed by atoms with E-state index >= 15 is 0 Å². The van der Waals surface area contributed by atoms with E-state index in [2.05, 4.69) is 15.3 Å². The molecule has 0 fully saturated rings. The van der Waals surface area contributed by atoms with Crippen LogP contribution in [0.5, 0.6) is 0 Å². The molecule has 2 N–H and O–H groups in total. The van der Waals surface area contributed by atoms with Crippen molar-refractivity contribution in [3.8, 4) is 6.07 Å². The molecule has 1 amide bonds. The van der Waals surface area contributed by atoms with Gasteiger partial charge in [-0.15, -0.1) is 0 Å². The molecule has 0 aliphatic heterocycles. The van der Waals surface area contributed by atoms with E-state index in [-0.39, 0.29) is 12.3 Å². The minimum atomic E-state index is -0.289. The van der Waals surface area contributed by atoms with Crippen molar-refractivity contribution in [3.63, 3.8) is 0 Å². The predicted molar refractivity (Wildman–Crippen MR) is 58.2 cm³/mol. The zero-order valence-electron chi connectivity index (χ0n) is 8.53. The molecule has 1 heterocycles. The monoisotopic (exact) mass is 214 g/mol. The number of carbonyl (C=O) groups excluding carboxylic acids is 1. The summed E-state index contributed by atoms with van der Waals surface area (Å²) in [7, 11) is 0. The molecule has 0 saturated carbocycles. The maximum atomic E-state index is 11.1. The first-order valence-electron chi connectivity index (χ1n) is 4.87. The Balaban J connectivity index is 2.05. The average molecular weight is 214 g/mol. The van der Waals surface area contributed by atoms with Gasteiger partial charge >= 0.3 is 0 Å². The molecule has 2 aromatic rings. The Morgan fingerprint density at radius 2 is 2.31 bits per heavy atom. The highest BCUT2D eigenvalue weighted by molar-refractivity contribution is 5.78. The molecular weight excluding hydrogens is 204 g/mol. The fraction of sp³-hybridized carbons (Fsp3) is 0.182. The molecule has 0 radical (unpaired) electrons. The average Bonchev–Trinajstić information content (AvgIpc) is 2.69. The van der Waals surface area contributed by atoms with Gasteiger partial charge in [0.05, 0.1) is 23.6 Å². The van der Waals surface area contributed by atoms with Gasteiger partial charge in [0.15, 0.2) is 0 Å². The van der Waals surface area contributed by atoms with Crippen LogP contribution >= 0.6 is 0 Å². The van der Waals surface area contributed by atoms with Gasteiger partial charge in [-0.1, -0.05) is 12.1 Å². The van der Waals surface area contributed by atoms with Crippen molar-refractivity contribution in [2.24, 2.45) is 0 Å². The third-order valence-corrected chi connectivity index (χ3v) is 2.13. The lowest BCUT2D eigenvalue weighted by Gasteiger charge is -1.97. The van der Waals surface area contributed by atoms with Gasteiger partial charge in [0.1, 0.15) is 12.2 Å². The third-order valence-electron chi connectivity index (χ3n) is 2.13. The van der Waals surface area contributed by atoms with Crippen LogP contribution < -0.4 is 5.32 Å². The number of aromatic nitrogens is 2. The molecule has 2 rings (SSSR count). The van der Waals surface area contributed by atoms with E-state index in [1.807, 2.05) is 24.3 Å². The largest absolute Gasteiger partial charge is 0.348 e. The predicted octanol–water partition coefficient (Wildman–Crippen LogP) is 1.09. The Bertz CT molecular complexity index is 519. The van der Waals surface area contributed by atoms with Crippen molar-refractivity contribution in [2.75, 3.05) is 0 Å². The number of imidazole rings is 1. The van der Waals surface area contributed by atoms with Crippen molar-refractivity contribution in [3.05, 3.63) is 30.1 Å². The smallest absolute Gasteiger partial charge is 0.234 e. The molecule has 0 saturated heterocycles. The highest BCUT2D eigenvalue weighted by atomic mass is 16.1. The number of H-pyrrole nitrogens is 1. The van der Waals surface area contributed by atoms with Gasteiger partial charge < -0.3 is 10.3 Å². The number of fused-ring (bicyclic) bond motifs is 1. The highest BCUT2D eigenvalue weighted by Gasteiger charge is 2.03. The number of nitrogens with one attached hydrogen (secondary N) is 2. The number of rotatable bonds is 3. The zero-order chi connectivity index (χ0) is 11.4. The Labute approximate surface area is 92.1 Å². The zero-order valence-corrected chi connectivity index (χ0v) is 8.53. The van der Waals surface area contributed by atoms with Crippen molar-refractivity contribution in [2.45, 2.75) is 13.0 Å². The first-order valence-corrected chi connectivity index (χ1v) is 4.87. The number of aromatic amines is 1. The van der Waals surface area contributed by atoms with Gasteiger partial charge in [0, 0.05) is 0 Å². The number of hydrogen-bond acceptors (Lipinski definition) is 3. The summed E-state index contributed by atoms with van der Waals surface area (Å²) in [6, 6.07) is 9.42. The fourth-order valence-electron chi connectivity index (χ4n) is 1.41. The van der Waals surface area contributed by atoms with Gasteiger partial charge in [-0.05, 0) is 12.1 Å². The molecule has 1 aromatic heterocycles. The van der Waals surface area contributed by atoms with Crippen LogP contribution in [0, 0.1) is 11.3 Å². The number of nitriles is 1. The van der Waals surface area contributed by atoms with Crippen molar-refractivity contribution < 1.29 is 4.79 Å². The molecule has 0 aliphatic carbocycles. The molecule has 80 valence electrons. The number of amides is 1. The van der Waals surface area contributed by atoms with Crippen molar-refractivity contribution in [1.82, 2.24) is 15.3 Å². The molecule has 1 aromatic carbocycles. The van der Waals surface area contributed by atoms with Crippen LogP contribution in [0.15, 0.2) is 24.3 Å². The van der Waals surface area contributed by atoms with Crippen LogP contribution in [0.25, 0.3) is 11.0 Å². The second kappa shape index (κ2) is 4.45. The number of hydrogen-bond donors (Lipinski definition) is 2. The normalized spacial score (nSPS) is 9.94. The maximum Gasteiger partial charge on any atom is 0.234 e. The lowest BCUT2D eigenvalue weighted by molar-refractivity contribution is -0.120. The van der Waals surface area contributed by atoms with E-state index in [0.717, 1.165) is 11.0 Å². The summed E-state index contributed by atoms with van der Waals surface area (Å²) in [5.74, 6) is 0.399. The topological polar surface area (TPSA) is 81.6 Å². The van der Waals surface area contributed by atoms with E-state index < -0.39 is 0 Å². The minimum absolute atomic E-state index is 0.125. The maximum absolute atomic E-state index is 11.1. The molecule has 0 unspecified atom stereocenters. The van der Waals surface area contributed by atoms with Gasteiger partial charge in [0.2, 0.25) is 5.91 Å². The number of para-hydroxylation sites is 2. The molecule has 16 heavy (non-hydrogen) atoms. The SMILES string of the molecule is N#CCC(=O)NCc1nc2ccccc2[nH]1. The summed E-state index contributed by atoms with van der Waals surface area (Å²) in [6.07, 6.45) is -0.125. The second-order valence-electron chi connectivity index (χ2n) is 3.31. The highest BCUT2D eigenvalue weighted by Crippen LogP contribution is 2.09. The number of benzene rings is 1. The minimum Gasteiger partial charge on any atom is -0.348 e. The summed E-state index contributed by atoms with van der Waals surface area (Å²) >= 11 is 0. The van der Waals surface area contributed by atoms with Gasteiger partial charge in [-0.25, -0.2) is 4.98 Å². The number of carbonyl (C=O) groups is 1. The summed E-state index contributed by atoms with van der Waals surface area (Å²) in [5, 5.41) is 10.9. The van der Waals surface area contributed by atoms with Gasteiger partial charge in [-0.3, -0.25) is 4.79 Å². The Hall–Kier alpha value is -2.35. The molecule has 5 heteroatoms. The van der Waals surface area contributed by atoms with E-state index in [0.29, 0.717) is 12.4 Å². The Morgan fingerprint density at radius 1 is 1.50 bits per heavy atom. The van der Waals surface area contributed by atoms with E-state index in [1.54, 1.807) is 6.07 Å². The van der Waals surface area contributed by atoms with E-state index in [9.17, 15) is 4.79 Å². The standard InChI is InChI=1S/C11H10N4O/c12-6-5-11(16)13-7-10-14-8-3-1-2-4-9(8)15-10/h1-4H,5,7H2,(H,13,16)(H,14,15). The summed E-state index contributed by atoms with van der Waals surface area (Å²) in [6.45, 7) is 0.315. The first kappa shape index (κ1) is 10.2. The Morgan fingerprint density at radius 3 is 3.06 bits per heavy atom. The molecule has 0 spiro atoms. The molecular formula is C11H10N4O. The van der Waals surface area contributed by atoms with E-state index in [4.69, 9.17) is 5.26 Å². The summed E-state index contributed by atoms with van der Waals surface area (Å²) in [4.78, 5) is 18.4. The van der Waals surface area contributed by atoms with Gasteiger partial charge in [-0.2, -0.15) is 5.26 Å². The van der Waals surface area contributed by atoms with Crippen molar-refractivity contribution >= 4 is 16.9 Å². The summed E-state index contributed by atoms with van der Waals surface area (Å²) in [5.41, 5.74) is 1.80. The van der Waals surface area contributed by atoms with E-state index in [1.165, 1.54) is 0 Å². The Kier molecular flexibility index (Phi) is 2.83. The van der Waals surface area contributed by atoms with Crippen LogP contribution in [-0.2, 0) is 11.3 Å². The molecule has 0 atom stereocenters. The molecule has 0 bridgehead atoms. The summed E-state index contributed by atoms with van der Waals surface area (Å²) < 4.78 is 0. The van der Waals surface area contributed by atoms with Crippen molar-refractivity contribution in [1.29, 1.82) is 5.26 Å². The van der Waals surface area contributed by atoms with Crippen LogP contribution in [0.4, 0.5) is 0 Å².